The molecule has 17 heteroatoms. The second-order valence-electron chi connectivity index (χ2n) is 18.0. The first kappa shape index (κ1) is 46.1. The minimum atomic E-state index is -1.02. The lowest BCUT2D eigenvalue weighted by Crippen LogP contribution is -2.57. The average molecular weight is 929 g/mol. The van der Waals surface area contributed by atoms with E-state index >= 15 is 0 Å². The third kappa shape index (κ3) is 9.07. The molecule has 1 fully saturated rings. The number of rotatable bonds is 12. The predicted octanol–water partition coefficient (Wildman–Crippen LogP) is 6.89. The van der Waals surface area contributed by atoms with Crippen molar-refractivity contribution in [3.05, 3.63) is 128 Å². The molecule has 0 saturated carbocycles. The van der Waals surface area contributed by atoms with Crippen molar-refractivity contribution >= 4 is 52.1 Å². The molecule has 2 aliphatic heterocycles. The monoisotopic (exact) mass is 928 g/mol. The number of nitrogens with zero attached hydrogens (tertiary/aromatic N) is 6. The first-order valence-corrected chi connectivity index (χ1v) is 23.4. The summed E-state index contributed by atoms with van der Waals surface area (Å²) in [4.78, 5) is 66.5. The van der Waals surface area contributed by atoms with Crippen LogP contribution in [0, 0.1) is 26.2 Å². The van der Waals surface area contributed by atoms with Crippen LogP contribution in [-0.4, -0.2) is 94.1 Å². The van der Waals surface area contributed by atoms with E-state index in [1.807, 2.05) is 112 Å². The molecule has 6 aromatic rings. The molecular weight excluding hydrogens is 877 g/mol. The number of hydrogen-bond acceptors (Lipinski definition) is 12. The number of carboxylic acid groups (broad SMARTS) is 1. The molecule has 66 heavy (non-hydrogen) atoms. The minimum Gasteiger partial charge on any atom is -0.481 e. The molecule has 1 saturated heterocycles. The number of aromatic nitrogens is 4. The van der Waals surface area contributed by atoms with Crippen LogP contribution in [0.15, 0.2) is 83.3 Å². The van der Waals surface area contributed by atoms with Gasteiger partial charge in [0, 0.05) is 34.5 Å². The minimum absolute atomic E-state index is 0.0413. The number of thiazole rings is 1. The zero-order valence-electron chi connectivity index (χ0n) is 37.7. The van der Waals surface area contributed by atoms with Crippen LogP contribution < -0.4 is 10.6 Å². The number of benzene rings is 3. The summed E-state index contributed by atoms with van der Waals surface area (Å²) in [6.45, 7) is 12.9. The van der Waals surface area contributed by atoms with E-state index in [4.69, 9.17) is 4.99 Å². The number of aryl methyl sites for hydroxylation is 2. The SMILES string of the molecule is Cc1ncsc1-c1ccc([C@H](C)NC(=O)[C@@H]2C[C@@H](O)CN2C(=O)[C@@H](NC(=O)c2ccc(-c3ccc(C4=N[C@@H](CC(=O)O)c5nnc(C)n5-c5sc(CO)c(C)c54)cc3)cc2)C(C)(C)C)cc1. The van der Waals surface area contributed by atoms with E-state index in [9.17, 15) is 34.5 Å². The van der Waals surface area contributed by atoms with E-state index in [-0.39, 0.29) is 37.9 Å². The first-order chi connectivity index (χ1) is 31.4. The molecule has 0 spiro atoms. The van der Waals surface area contributed by atoms with E-state index in [1.54, 1.807) is 30.4 Å². The van der Waals surface area contributed by atoms with Crippen molar-refractivity contribution in [2.45, 2.75) is 98.2 Å². The Kier molecular flexibility index (Phi) is 12.9. The molecule has 0 radical (unpaired) electrons. The molecule has 0 bridgehead atoms. The number of carbonyl (C=O) groups excluding carboxylic acids is 3. The van der Waals surface area contributed by atoms with Crippen LogP contribution in [0.2, 0.25) is 0 Å². The number of thiophene rings is 1. The maximum absolute atomic E-state index is 14.3. The zero-order chi connectivity index (χ0) is 47.2. The van der Waals surface area contributed by atoms with E-state index in [1.165, 1.54) is 16.2 Å². The molecule has 2 aliphatic rings. The Hall–Kier alpha value is -6.40. The Bertz CT molecular complexity index is 2840. The second-order valence-corrected chi connectivity index (χ2v) is 19.9. The number of β-amino-alcohol motifs (C(OH)–C–C–N with tert-alkyl or cyclic N) is 1. The van der Waals surface area contributed by atoms with Crippen molar-refractivity contribution in [3.63, 3.8) is 0 Å². The van der Waals surface area contributed by atoms with E-state index in [0.717, 1.165) is 59.4 Å². The Morgan fingerprint density at radius 1 is 0.879 bits per heavy atom. The van der Waals surface area contributed by atoms with Crippen LogP contribution in [0.5, 0.6) is 0 Å². The number of aliphatic hydroxyl groups excluding tert-OH is 2. The predicted molar refractivity (Wildman–Crippen MR) is 253 cm³/mol. The van der Waals surface area contributed by atoms with Crippen molar-refractivity contribution in [3.8, 4) is 26.6 Å². The van der Waals surface area contributed by atoms with E-state index in [0.29, 0.717) is 22.9 Å². The summed E-state index contributed by atoms with van der Waals surface area (Å²) >= 11 is 2.97. The van der Waals surface area contributed by atoms with Gasteiger partial charge in [0.05, 0.1) is 47.0 Å². The van der Waals surface area contributed by atoms with Gasteiger partial charge in [-0.05, 0) is 73.1 Å². The van der Waals surface area contributed by atoms with Gasteiger partial charge < -0.3 is 30.9 Å². The number of carboxylic acids is 1. The molecule has 0 unspecified atom stereocenters. The van der Waals surface area contributed by atoms with Gasteiger partial charge in [0.2, 0.25) is 11.8 Å². The second kappa shape index (κ2) is 18.5. The number of hydrogen-bond donors (Lipinski definition) is 5. The summed E-state index contributed by atoms with van der Waals surface area (Å²) in [5.74, 6) is -1.32. The molecule has 3 aromatic heterocycles. The maximum Gasteiger partial charge on any atom is 0.306 e. The molecular formula is C49H52N8O7S2. The van der Waals surface area contributed by atoms with Crippen molar-refractivity contribution in [1.29, 1.82) is 0 Å². The van der Waals surface area contributed by atoms with Crippen LogP contribution in [0.25, 0.3) is 26.6 Å². The van der Waals surface area contributed by atoms with E-state index in [2.05, 4.69) is 25.8 Å². The summed E-state index contributed by atoms with van der Waals surface area (Å²) in [6, 6.07) is 19.5. The van der Waals surface area contributed by atoms with Crippen LogP contribution in [0.3, 0.4) is 0 Å². The summed E-state index contributed by atoms with van der Waals surface area (Å²) in [6.07, 6.45) is -1.12. The maximum atomic E-state index is 14.3. The number of aliphatic carboxylic acids is 1. The van der Waals surface area contributed by atoms with Gasteiger partial charge >= 0.3 is 5.97 Å². The molecule has 3 amide bonds. The number of amides is 3. The first-order valence-electron chi connectivity index (χ1n) is 21.7. The topological polar surface area (TPSA) is 212 Å². The molecule has 15 nitrogen and oxygen atoms in total. The Balaban J connectivity index is 0.967. The van der Waals surface area contributed by atoms with Crippen LogP contribution in [-0.2, 0) is 21.0 Å². The number of fused-ring (bicyclic) bond motifs is 3. The average Bonchev–Trinajstić information content (AvgIpc) is 4.06. The lowest BCUT2D eigenvalue weighted by atomic mass is 9.85. The third-order valence-electron chi connectivity index (χ3n) is 12.3. The summed E-state index contributed by atoms with van der Waals surface area (Å²) in [5, 5.41) is 46.1. The van der Waals surface area contributed by atoms with Gasteiger partial charge in [-0.15, -0.1) is 32.9 Å². The normalized spacial score (nSPS) is 17.9. The number of nitrogens with one attached hydrogen (secondary N) is 2. The Labute approximate surface area is 390 Å². The highest BCUT2D eigenvalue weighted by Crippen LogP contribution is 2.40. The highest BCUT2D eigenvalue weighted by Gasteiger charge is 2.45. The lowest BCUT2D eigenvalue weighted by Gasteiger charge is -2.35. The number of aliphatic imine (C=N–C) groups is 1. The fourth-order valence-corrected chi connectivity index (χ4v) is 10.7. The van der Waals surface area contributed by atoms with Crippen molar-refractivity contribution in [1.82, 2.24) is 35.3 Å². The van der Waals surface area contributed by atoms with Crippen LogP contribution >= 0.6 is 22.7 Å². The van der Waals surface area contributed by atoms with E-state index < -0.39 is 47.4 Å². The van der Waals surface area contributed by atoms with Gasteiger partial charge in [0.25, 0.3) is 5.91 Å². The van der Waals surface area contributed by atoms with Crippen molar-refractivity contribution in [2.75, 3.05) is 6.54 Å². The standard InChI is InChI=1S/C49H52N8O7S2/c1-25-38(23-58)66-48-40(25)41(52-36(21-39(60)61)44-55-54-28(4)57(44)48)32-14-10-30(11-15-32)31-12-18-34(19-13-31)45(62)53-43(49(5,6)7)47(64)56-22-35(59)20-37(56)46(63)51-26(2)29-8-16-33(17-9-29)42-27(3)50-24-65-42/h8-19,24,26,35-37,43,58-59H,20-23H2,1-7H3,(H,51,63)(H,53,62)(H,60,61)/t26-,35+,36-,37-,43+/m0/s1. The third-order valence-corrected chi connectivity index (χ3v) is 14.5. The van der Waals surface area contributed by atoms with Crippen LogP contribution in [0.4, 0.5) is 0 Å². The fraction of sp³-hybridized carbons (Fsp3) is 0.347. The smallest absolute Gasteiger partial charge is 0.306 e. The lowest BCUT2D eigenvalue weighted by molar-refractivity contribution is -0.142. The molecule has 3 aromatic carbocycles. The highest BCUT2D eigenvalue weighted by atomic mass is 32.1. The summed E-state index contributed by atoms with van der Waals surface area (Å²) in [5.41, 5.74) is 8.91. The molecule has 342 valence electrons. The molecule has 0 aliphatic carbocycles. The number of likely N-dealkylation sites (tertiary alicyclic amines) is 1. The zero-order valence-corrected chi connectivity index (χ0v) is 39.3. The molecule has 8 rings (SSSR count). The largest absolute Gasteiger partial charge is 0.481 e. The molecule has 5 atom stereocenters. The van der Waals surface area contributed by atoms with Gasteiger partial charge in [-0.1, -0.05) is 81.4 Å². The Morgan fingerprint density at radius 3 is 2.12 bits per heavy atom. The Morgan fingerprint density at radius 2 is 1.52 bits per heavy atom. The van der Waals surface area contributed by atoms with Crippen molar-refractivity contribution in [2.24, 2.45) is 10.4 Å². The quantitative estimate of drug-likeness (QED) is 0.0858. The number of aliphatic hydroxyl groups is 2. The number of carbonyl (C=O) groups is 4. The van der Waals surface area contributed by atoms with Gasteiger partial charge in [-0.25, -0.2) is 4.98 Å². The molecule has 5 heterocycles. The summed E-state index contributed by atoms with van der Waals surface area (Å²) < 4.78 is 1.84. The van der Waals surface area contributed by atoms with Gasteiger partial charge in [-0.2, -0.15) is 0 Å². The fourth-order valence-electron chi connectivity index (χ4n) is 8.64. The van der Waals surface area contributed by atoms with Gasteiger partial charge in [0.1, 0.15) is 29.0 Å². The molecule has 5 N–H and O–H groups in total. The van der Waals surface area contributed by atoms with Gasteiger partial charge in [0.15, 0.2) is 5.82 Å². The van der Waals surface area contributed by atoms with Gasteiger partial charge in [-0.3, -0.25) is 28.7 Å². The highest BCUT2D eigenvalue weighted by molar-refractivity contribution is 7.15. The summed E-state index contributed by atoms with van der Waals surface area (Å²) in [7, 11) is 0. The van der Waals surface area contributed by atoms with Crippen molar-refractivity contribution < 1.29 is 34.5 Å². The van der Waals surface area contributed by atoms with Crippen LogP contribution in [0.1, 0.15) is 107 Å².